The number of aliphatic imine (C=N–C) groups is 1. The number of nitrogens with two attached hydrogens (primary N) is 1. The SMILES string of the molecule is NC1=NC2(CO1)c1ccccc1Oc1ncc(N3CCOCC3)cc12. The van der Waals surface area contributed by atoms with E-state index in [1.54, 1.807) is 0 Å². The normalized spacial score (nSPS) is 24.2. The Hall–Kier alpha value is -2.80. The van der Waals surface area contributed by atoms with Crippen LogP contribution >= 0.6 is 0 Å². The van der Waals surface area contributed by atoms with Crippen molar-refractivity contribution in [2.45, 2.75) is 5.54 Å². The fraction of sp³-hybridized carbons (Fsp3) is 0.333. The molecule has 7 nitrogen and oxygen atoms in total. The fourth-order valence-electron chi connectivity index (χ4n) is 3.67. The van der Waals surface area contributed by atoms with Crippen LogP contribution in [0.25, 0.3) is 0 Å². The summed E-state index contributed by atoms with van der Waals surface area (Å²) in [5, 5.41) is 0. The standard InChI is InChI=1S/C18H18N4O3/c19-17-21-18(11-24-17)13-3-1-2-4-15(13)25-16-14(18)9-12(10-20-16)22-5-7-23-8-6-22/h1-4,9-10H,5-8,11H2,(H2,19,21). The predicted octanol–water partition coefficient (Wildman–Crippen LogP) is 1.61. The second-order valence-electron chi connectivity index (χ2n) is 6.34. The average Bonchev–Trinajstić information content (AvgIpc) is 3.05. The molecule has 1 fully saturated rings. The molecule has 128 valence electrons. The summed E-state index contributed by atoms with van der Waals surface area (Å²) in [4.78, 5) is 11.5. The minimum absolute atomic E-state index is 0.194. The number of benzene rings is 1. The molecule has 1 aromatic heterocycles. The Morgan fingerprint density at radius 3 is 2.76 bits per heavy atom. The van der Waals surface area contributed by atoms with Crippen LogP contribution in [0, 0.1) is 0 Å². The van der Waals surface area contributed by atoms with Crippen molar-refractivity contribution in [3.05, 3.63) is 47.7 Å². The number of anilines is 1. The number of fused-ring (bicyclic) bond motifs is 4. The van der Waals surface area contributed by atoms with Gasteiger partial charge in [-0.25, -0.2) is 9.98 Å². The van der Waals surface area contributed by atoms with Crippen LogP contribution in [0.5, 0.6) is 11.6 Å². The molecule has 7 heteroatoms. The lowest BCUT2D eigenvalue weighted by Gasteiger charge is -2.34. The van der Waals surface area contributed by atoms with Crippen molar-refractivity contribution in [2.24, 2.45) is 10.7 Å². The van der Waals surface area contributed by atoms with Gasteiger partial charge in [-0.2, -0.15) is 0 Å². The molecule has 1 saturated heterocycles. The highest BCUT2D eigenvalue weighted by Crippen LogP contribution is 2.50. The summed E-state index contributed by atoms with van der Waals surface area (Å²) in [6, 6.07) is 10.1. The molecular formula is C18H18N4O3. The maximum Gasteiger partial charge on any atom is 0.283 e. The Balaban J connectivity index is 1.67. The van der Waals surface area contributed by atoms with E-state index in [1.807, 2.05) is 30.5 Å². The van der Waals surface area contributed by atoms with Gasteiger partial charge in [0.1, 0.15) is 12.4 Å². The van der Waals surface area contributed by atoms with Gasteiger partial charge in [-0.15, -0.1) is 0 Å². The van der Waals surface area contributed by atoms with Crippen molar-refractivity contribution in [3.63, 3.8) is 0 Å². The Kier molecular flexibility index (Phi) is 3.11. The number of hydrogen-bond acceptors (Lipinski definition) is 7. The first-order valence-electron chi connectivity index (χ1n) is 8.35. The third-order valence-electron chi connectivity index (χ3n) is 4.93. The van der Waals surface area contributed by atoms with Crippen LogP contribution in [0.3, 0.4) is 0 Å². The van der Waals surface area contributed by atoms with Crippen molar-refractivity contribution in [1.82, 2.24) is 4.98 Å². The number of nitrogens with zero attached hydrogens (tertiary/aromatic N) is 3. The summed E-state index contributed by atoms with van der Waals surface area (Å²) in [6.45, 7) is 3.46. The molecule has 2 N–H and O–H groups in total. The lowest BCUT2D eigenvalue weighted by molar-refractivity contribution is 0.122. The zero-order chi connectivity index (χ0) is 16.9. The number of ether oxygens (including phenoxy) is 3. The van der Waals surface area contributed by atoms with Gasteiger partial charge in [0, 0.05) is 18.7 Å². The molecule has 25 heavy (non-hydrogen) atoms. The monoisotopic (exact) mass is 338 g/mol. The van der Waals surface area contributed by atoms with E-state index in [2.05, 4.69) is 20.9 Å². The third-order valence-corrected chi connectivity index (χ3v) is 4.93. The molecule has 1 spiro atoms. The lowest BCUT2D eigenvalue weighted by atomic mass is 9.82. The highest BCUT2D eigenvalue weighted by Gasteiger charge is 2.47. The maximum atomic E-state index is 6.02. The van der Waals surface area contributed by atoms with Gasteiger partial charge < -0.3 is 24.8 Å². The van der Waals surface area contributed by atoms with Crippen LogP contribution in [0.4, 0.5) is 5.69 Å². The smallest absolute Gasteiger partial charge is 0.283 e. The van der Waals surface area contributed by atoms with Crippen molar-refractivity contribution < 1.29 is 14.2 Å². The molecule has 4 heterocycles. The van der Waals surface area contributed by atoms with Gasteiger partial charge in [-0.3, -0.25) is 0 Å². The molecule has 3 aliphatic rings. The topological polar surface area (TPSA) is 82.2 Å². The van der Waals surface area contributed by atoms with Gasteiger partial charge in [-0.05, 0) is 12.1 Å². The van der Waals surface area contributed by atoms with Gasteiger partial charge in [0.25, 0.3) is 6.02 Å². The molecule has 0 radical (unpaired) electrons. The molecule has 0 bridgehead atoms. The second kappa shape index (κ2) is 5.35. The van der Waals surface area contributed by atoms with Crippen molar-refractivity contribution >= 4 is 11.7 Å². The summed E-state index contributed by atoms with van der Waals surface area (Å²) in [5.41, 5.74) is 8.04. The first-order valence-corrected chi connectivity index (χ1v) is 8.35. The van der Waals surface area contributed by atoms with Crippen LogP contribution < -0.4 is 15.4 Å². The zero-order valence-electron chi connectivity index (χ0n) is 13.6. The van der Waals surface area contributed by atoms with Crippen LogP contribution in [0.1, 0.15) is 11.1 Å². The molecule has 0 saturated carbocycles. The van der Waals surface area contributed by atoms with Crippen LogP contribution in [0.15, 0.2) is 41.5 Å². The van der Waals surface area contributed by atoms with Crippen molar-refractivity contribution in [1.29, 1.82) is 0 Å². The van der Waals surface area contributed by atoms with Gasteiger partial charge in [0.2, 0.25) is 5.88 Å². The van der Waals surface area contributed by atoms with Gasteiger partial charge >= 0.3 is 0 Å². The van der Waals surface area contributed by atoms with E-state index in [0.29, 0.717) is 12.5 Å². The first kappa shape index (κ1) is 14.5. The molecule has 2 aromatic rings. The number of para-hydroxylation sites is 1. The Morgan fingerprint density at radius 1 is 1.12 bits per heavy atom. The largest absolute Gasteiger partial charge is 0.462 e. The summed E-state index contributed by atoms with van der Waals surface area (Å²) in [6.07, 6.45) is 1.84. The number of pyridine rings is 1. The van der Waals surface area contributed by atoms with E-state index in [-0.39, 0.29) is 6.02 Å². The fourth-order valence-corrected chi connectivity index (χ4v) is 3.67. The molecule has 1 atom stereocenters. The van der Waals surface area contributed by atoms with Gasteiger partial charge in [0.05, 0.1) is 30.7 Å². The Labute approximate surface area is 145 Å². The molecule has 5 rings (SSSR count). The molecule has 1 unspecified atom stereocenters. The van der Waals surface area contributed by atoms with E-state index in [0.717, 1.165) is 48.9 Å². The Bertz CT molecular complexity index is 863. The summed E-state index contributed by atoms with van der Waals surface area (Å²) in [5.74, 6) is 1.29. The predicted molar refractivity (Wildman–Crippen MR) is 92.1 cm³/mol. The minimum Gasteiger partial charge on any atom is -0.462 e. The van der Waals surface area contributed by atoms with E-state index in [9.17, 15) is 0 Å². The van der Waals surface area contributed by atoms with Crippen LogP contribution in [-0.2, 0) is 15.0 Å². The second-order valence-corrected chi connectivity index (χ2v) is 6.34. The number of hydrogen-bond donors (Lipinski definition) is 1. The highest BCUT2D eigenvalue weighted by molar-refractivity contribution is 5.76. The highest BCUT2D eigenvalue weighted by atomic mass is 16.5. The number of morpholine rings is 1. The van der Waals surface area contributed by atoms with Gasteiger partial charge in [0.15, 0.2) is 5.54 Å². The maximum absolute atomic E-state index is 6.02. The molecule has 1 aromatic carbocycles. The third kappa shape index (κ3) is 2.16. The van der Waals surface area contributed by atoms with E-state index < -0.39 is 5.54 Å². The van der Waals surface area contributed by atoms with E-state index >= 15 is 0 Å². The van der Waals surface area contributed by atoms with Gasteiger partial charge in [-0.1, -0.05) is 18.2 Å². The van der Waals surface area contributed by atoms with Crippen LogP contribution in [-0.4, -0.2) is 43.9 Å². The molecule has 0 amide bonds. The summed E-state index contributed by atoms with van der Waals surface area (Å²) in [7, 11) is 0. The van der Waals surface area contributed by atoms with Crippen LogP contribution in [0.2, 0.25) is 0 Å². The zero-order valence-corrected chi connectivity index (χ0v) is 13.6. The molecule has 3 aliphatic heterocycles. The first-order chi connectivity index (χ1) is 12.3. The molecular weight excluding hydrogens is 320 g/mol. The Morgan fingerprint density at radius 2 is 1.96 bits per heavy atom. The van der Waals surface area contributed by atoms with E-state index in [1.165, 1.54) is 0 Å². The molecule has 0 aliphatic carbocycles. The number of rotatable bonds is 1. The minimum atomic E-state index is -0.705. The van der Waals surface area contributed by atoms with E-state index in [4.69, 9.17) is 19.9 Å². The quantitative estimate of drug-likeness (QED) is 0.851. The number of amidine groups is 1. The summed E-state index contributed by atoms with van der Waals surface area (Å²) >= 11 is 0. The lowest BCUT2D eigenvalue weighted by Crippen LogP contribution is -2.37. The van der Waals surface area contributed by atoms with Crippen molar-refractivity contribution in [2.75, 3.05) is 37.8 Å². The van der Waals surface area contributed by atoms with Crippen molar-refractivity contribution in [3.8, 4) is 11.6 Å². The summed E-state index contributed by atoms with van der Waals surface area (Å²) < 4.78 is 17.0. The number of aromatic nitrogens is 1. The average molecular weight is 338 g/mol.